The van der Waals surface area contributed by atoms with Gasteiger partial charge in [0.1, 0.15) is 6.10 Å². The minimum Gasteiger partial charge on any atom is -0.494 e. The number of nitrogens with zero attached hydrogens (tertiary/aromatic N) is 2. The first-order valence-corrected chi connectivity index (χ1v) is 6.48. The predicted molar refractivity (Wildman–Crippen MR) is 71.6 cm³/mol. The van der Waals surface area contributed by atoms with Gasteiger partial charge in [-0.3, -0.25) is 0 Å². The second-order valence-electron chi connectivity index (χ2n) is 4.57. The van der Waals surface area contributed by atoms with Crippen LogP contribution in [0.15, 0.2) is 30.7 Å². The molecule has 6 heteroatoms. The number of nitrogens with one attached hydrogen (secondary N) is 1. The Balaban J connectivity index is 1.94. The average molecular weight is 277 g/mol. The molecule has 1 unspecified atom stereocenters. The van der Waals surface area contributed by atoms with Crippen LogP contribution >= 0.6 is 0 Å². The van der Waals surface area contributed by atoms with E-state index in [1.54, 1.807) is 24.7 Å². The fourth-order valence-corrected chi connectivity index (χ4v) is 2.32. The van der Waals surface area contributed by atoms with Crippen LogP contribution in [-0.4, -0.2) is 36.4 Å². The highest BCUT2D eigenvalue weighted by molar-refractivity contribution is 5.40. The lowest BCUT2D eigenvalue weighted by Crippen LogP contribution is -2.34. The Hall–Kier alpha value is -1.92. The molecule has 0 aliphatic carbocycles. The molecule has 3 rings (SSSR count). The van der Waals surface area contributed by atoms with E-state index in [2.05, 4.69) is 10.3 Å². The molecule has 5 nitrogen and oxygen atoms in total. The molecule has 1 aromatic carbocycles. The van der Waals surface area contributed by atoms with Gasteiger partial charge in [-0.2, -0.15) is 0 Å². The topological polar surface area (TPSA) is 48.3 Å². The molecule has 1 aliphatic rings. The molecule has 1 fully saturated rings. The van der Waals surface area contributed by atoms with E-state index in [9.17, 15) is 4.39 Å². The number of imidazole rings is 1. The molecule has 1 aromatic heterocycles. The van der Waals surface area contributed by atoms with Crippen molar-refractivity contribution in [2.75, 3.05) is 26.8 Å². The summed E-state index contributed by atoms with van der Waals surface area (Å²) < 4.78 is 26.3. The van der Waals surface area contributed by atoms with Crippen molar-refractivity contribution in [1.82, 2.24) is 14.9 Å². The number of ether oxygens (including phenoxy) is 2. The van der Waals surface area contributed by atoms with Crippen LogP contribution in [0.25, 0.3) is 5.69 Å². The molecular formula is C14H16FN3O2. The zero-order chi connectivity index (χ0) is 13.9. The highest BCUT2D eigenvalue weighted by atomic mass is 19.1. The highest BCUT2D eigenvalue weighted by Crippen LogP contribution is 2.25. The van der Waals surface area contributed by atoms with Crippen LogP contribution in [0.3, 0.4) is 0 Å². The number of rotatable bonds is 3. The number of methoxy groups -OCH3 is 1. The van der Waals surface area contributed by atoms with Crippen molar-refractivity contribution in [1.29, 1.82) is 0 Å². The van der Waals surface area contributed by atoms with Gasteiger partial charge in [-0.25, -0.2) is 9.37 Å². The molecule has 0 saturated carbocycles. The molecule has 20 heavy (non-hydrogen) atoms. The molecule has 106 valence electrons. The monoisotopic (exact) mass is 277 g/mol. The molecule has 0 radical (unpaired) electrons. The van der Waals surface area contributed by atoms with Gasteiger partial charge in [0.05, 0.1) is 37.6 Å². The van der Waals surface area contributed by atoms with E-state index in [-0.39, 0.29) is 11.9 Å². The van der Waals surface area contributed by atoms with Crippen molar-refractivity contribution in [3.8, 4) is 11.4 Å². The van der Waals surface area contributed by atoms with Crippen LogP contribution in [0.1, 0.15) is 11.8 Å². The second-order valence-corrected chi connectivity index (χ2v) is 4.57. The number of hydrogen-bond acceptors (Lipinski definition) is 4. The van der Waals surface area contributed by atoms with E-state index >= 15 is 0 Å². The Kier molecular flexibility index (Phi) is 3.66. The predicted octanol–water partition coefficient (Wildman–Crippen LogP) is 1.68. The number of halogens is 1. The smallest absolute Gasteiger partial charge is 0.167 e. The first kappa shape index (κ1) is 13.1. The minimum absolute atomic E-state index is 0.0728. The minimum atomic E-state index is -0.396. The van der Waals surface area contributed by atoms with E-state index in [1.807, 2.05) is 4.57 Å². The van der Waals surface area contributed by atoms with Crippen LogP contribution in [0.2, 0.25) is 0 Å². The second kappa shape index (κ2) is 5.60. The molecular weight excluding hydrogens is 261 g/mol. The Bertz CT molecular complexity index is 594. The van der Waals surface area contributed by atoms with Gasteiger partial charge in [-0.1, -0.05) is 0 Å². The van der Waals surface area contributed by atoms with Crippen molar-refractivity contribution < 1.29 is 13.9 Å². The lowest BCUT2D eigenvalue weighted by Gasteiger charge is -2.24. The van der Waals surface area contributed by atoms with Crippen LogP contribution in [-0.2, 0) is 4.74 Å². The number of aromatic nitrogens is 2. The SMILES string of the molecule is COc1ccc(-n2cncc2C2CNCCO2)cc1F. The Morgan fingerprint density at radius 1 is 1.50 bits per heavy atom. The maximum atomic E-state index is 13.8. The number of morpholine rings is 1. The Morgan fingerprint density at radius 2 is 2.40 bits per heavy atom. The third kappa shape index (κ3) is 2.39. The van der Waals surface area contributed by atoms with Gasteiger partial charge in [-0.15, -0.1) is 0 Å². The normalized spacial score (nSPS) is 19.0. The summed E-state index contributed by atoms with van der Waals surface area (Å²) in [6, 6.07) is 4.83. The fourth-order valence-electron chi connectivity index (χ4n) is 2.32. The third-order valence-corrected chi connectivity index (χ3v) is 3.34. The average Bonchev–Trinajstić information content (AvgIpc) is 2.97. The lowest BCUT2D eigenvalue weighted by atomic mass is 10.2. The molecule has 0 spiro atoms. The summed E-state index contributed by atoms with van der Waals surface area (Å²) in [5.74, 6) is -0.168. The summed E-state index contributed by atoms with van der Waals surface area (Å²) in [5, 5.41) is 3.27. The van der Waals surface area contributed by atoms with Crippen molar-refractivity contribution in [3.05, 3.63) is 42.2 Å². The fraction of sp³-hybridized carbons (Fsp3) is 0.357. The van der Waals surface area contributed by atoms with Crippen LogP contribution in [0.5, 0.6) is 5.75 Å². The summed E-state index contributed by atoms with van der Waals surface area (Å²) in [7, 11) is 1.45. The maximum Gasteiger partial charge on any atom is 0.167 e. The van der Waals surface area contributed by atoms with Gasteiger partial charge in [0, 0.05) is 19.2 Å². The van der Waals surface area contributed by atoms with E-state index in [1.165, 1.54) is 13.2 Å². The lowest BCUT2D eigenvalue weighted by molar-refractivity contribution is 0.0240. The molecule has 1 saturated heterocycles. The van der Waals surface area contributed by atoms with Crippen LogP contribution < -0.4 is 10.1 Å². The molecule has 1 atom stereocenters. The summed E-state index contributed by atoms with van der Waals surface area (Å²) in [5.41, 5.74) is 1.60. The maximum absolute atomic E-state index is 13.8. The van der Waals surface area contributed by atoms with E-state index < -0.39 is 5.82 Å². The first-order valence-electron chi connectivity index (χ1n) is 6.48. The summed E-state index contributed by atoms with van der Waals surface area (Å²) in [6.45, 7) is 2.24. The summed E-state index contributed by atoms with van der Waals surface area (Å²) in [4.78, 5) is 4.15. The highest BCUT2D eigenvalue weighted by Gasteiger charge is 2.20. The third-order valence-electron chi connectivity index (χ3n) is 3.34. The number of benzene rings is 1. The zero-order valence-corrected chi connectivity index (χ0v) is 11.2. The Morgan fingerprint density at radius 3 is 3.10 bits per heavy atom. The van der Waals surface area contributed by atoms with Gasteiger partial charge >= 0.3 is 0 Å². The largest absolute Gasteiger partial charge is 0.494 e. The van der Waals surface area contributed by atoms with Gasteiger partial charge < -0.3 is 19.4 Å². The zero-order valence-electron chi connectivity index (χ0n) is 11.2. The van der Waals surface area contributed by atoms with Crippen LogP contribution in [0, 0.1) is 5.82 Å². The molecule has 1 N–H and O–H groups in total. The van der Waals surface area contributed by atoms with Crippen molar-refractivity contribution >= 4 is 0 Å². The van der Waals surface area contributed by atoms with Gasteiger partial charge in [0.25, 0.3) is 0 Å². The van der Waals surface area contributed by atoms with E-state index in [0.717, 1.165) is 18.8 Å². The van der Waals surface area contributed by atoms with Gasteiger partial charge in [-0.05, 0) is 12.1 Å². The number of hydrogen-bond donors (Lipinski definition) is 1. The molecule has 2 aromatic rings. The van der Waals surface area contributed by atoms with Crippen molar-refractivity contribution in [3.63, 3.8) is 0 Å². The van der Waals surface area contributed by atoms with E-state index in [4.69, 9.17) is 9.47 Å². The molecule has 0 amide bonds. The van der Waals surface area contributed by atoms with Gasteiger partial charge in [0.2, 0.25) is 0 Å². The van der Waals surface area contributed by atoms with E-state index in [0.29, 0.717) is 12.3 Å². The van der Waals surface area contributed by atoms with Crippen molar-refractivity contribution in [2.24, 2.45) is 0 Å². The van der Waals surface area contributed by atoms with Crippen LogP contribution in [0.4, 0.5) is 4.39 Å². The Labute approximate surface area is 116 Å². The standard InChI is InChI=1S/C14H16FN3O2/c1-19-13-3-2-10(6-11(13)15)18-9-17-7-12(18)14-8-16-4-5-20-14/h2-3,6-7,9,14,16H,4-5,8H2,1H3. The molecule has 1 aliphatic heterocycles. The van der Waals surface area contributed by atoms with Gasteiger partial charge in [0.15, 0.2) is 11.6 Å². The van der Waals surface area contributed by atoms with Crippen molar-refractivity contribution in [2.45, 2.75) is 6.10 Å². The molecule has 2 heterocycles. The summed E-state index contributed by atoms with van der Waals surface area (Å²) >= 11 is 0. The quantitative estimate of drug-likeness (QED) is 0.927. The molecule has 0 bridgehead atoms. The first-order chi connectivity index (χ1) is 9.79. The summed E-state index contributed by atoms with van der Waals surface area (Å²) in [6.07, 6.45) is 3.34.